The fourth-order valence-electron chi connectivity index (χ4n) is 4.83. The van der Waals surface area contributed by atoms with E-state index in [0.717, 1.165) is 11.3 Å². The molecule has 3 heterocycles. The Hall–Kier alpha value is -4.90. The summed E-state index contributed by atoms with van der Waals surface area (Å²) in [5.41, 5.74) is 1.84. The number of fused-ring (bicyclic) bond motifs is 1. The van der Waals surface area contributed by atoms with Crippen molar-refractivity contribution in [2.24, 2.45) is 4.99 Å². The van der Waals surface area contributed by atoms with Crippen LogP contribution in [0.1, 0.15) is 47.1 Å². The summed E-state index contributed by atoms with van der Waals surface area (Å²) >= 11 is 1.15. The molecule has 0 aliphatic carbocycles. The van der Waals surface area contributed by atoms with E-state index < -0.39 is 18.0 Å². The van der Waals surface area contributed by atoms with E-state index in [1.54, 1.807) is 55.5 Å². The van der Waals surface area contributed by atoms with Gasteiger partial charge in [-0.25, -0.2) is 14.6 Å². The number of methoxy groups -OCH3 is 1. The molecule has 1 aliphatic rings. The minimum atomic E-state index is -1.02. The van der Waals surface area contributed by atoms with Crippen molar-refractivity contribution < 1.29 is 33.3 Å². The van der Waals surface area contributed by atoms with Crippen molar-refractivity contribution >= 4 is 29.4 Å². The average Bonchev–Trinajstić information content (AvgIpc) is 3.57. The van der Waals surface area contributed by atoms with Gasteiger partial charge >= 0.3 is 11.9 Å². The summed E-state index contributed by atoms with van der Waals surface area (Å²) in [5.74, 6) is 0.281. The quantitative estimate of drug-likeness (QED) is 0.290. The molecule has 4 aromatic rings. The standard InChI is InChI=1S/C31H28N2O8S/c1-5-39-24-12-10-18(14-25(24)40-6-2)27-22(30(37)38-4)16-32-31-33(27)28(34)26(42-31)15-19-11-13-23(41-19)20-8-7-9-21(17(20)3)29(35)36/h7-16,27H,5-6H2,1-4H3,(H,35,36)/b26-15-/t27-/m1/s1. The molecule has 0 radical (unpaired) electrons. The largest absolute Gasteiger partial charge is 0.490 e. The molecule has 5 rings (SSSR count). The van der Waals surface area contributed by atoms with Crippen LogP contribution in [0.2, 0.25) is 0 Å². The van der Waals surface area contributed by atoms with Crippen molar-refractivity contribution in [1.29, 1.82) is 0 Å². The van der Waals surface area contributed by atoms with Crippen LogP contribution in [0.3, 0.4) is 0 Å². The van der Waals surface area contributed by atoms with Gasteiger partial charge in [0.05, 0.1) is 42.0 Å². The zero-order chi connectivity index (χ0) is 30.0. The maximum Gasteiger partial charge on any atom is 0.337 e. The number of rotatable bonds is 9. The predicted molar refractivity (Wildman–Crippen MR) is 156 cm³/mol. The number of ether oxygens (including phenoxy) is 3. The Labute approximate surface area is 244 Å². The molecule has 1 atom stereocenters. The van der Waals surface area contributed by atoms with Crippen LogP contribution in [0, 0.1) is 6.92 Å². The van der Waals surface area contributed by atoms with Crippen LogP contribution in [0.25, 0.3) is 17.4 Å². The zero-order valence-corrected chi connectivity index (χ0v) is 24.2. The van der Waals surface area contributed by atoms with Gasteiger partial charge in [-0.05, 0) is 62.2 Å². The first-order valence-electron chi connectivity index (χ1n) is 13.2. The Morgan fingerprint density at radius 1 is 1.10 bits per heavy atom. The lowest BCUT2D eigenvalue weighted by molar-refractivity contribution is -0.136. The number of aromatic nitrogens is 1. The highest BCUT2D eigenvalue weighted by molar-refractivity contribution is 7.07. The van der Waals surface area contributed by atoms with Crippen LogP contribution in [-0.2, 0) is 9.53 Å². The first-order valence-corrected chi connectivity index (χ1v) is 14.0. The van der Waals surface area contributed by atoms with Gasteiger partial charge in [0.25, 0.3) is 5.56 Å². The van der Waals surface area contributed by atoms with Crippen molar-refractivity contribution in [2.45, 2.75) is 26.8 Å². The molecule has 0 saturated carbocycles. The SMILES string of the molecule is CCOc1ccc([C@@H]2C(C(=O)OC)=CN=c3s/c(=C\c4ccc(-c5cccc(C(=O)O)c5C)o4)c(=O)n32)cc1OCC. The van der Waals surface area contributed by atoms with Crippen LogP contribution in [0.4, 0.5) is 0 Å². The maximum atomic E-state index is 13.8. The van der Waals surface area contributed by atoms with Crippen molar-refractivity contribution in [3.63, 3.8) is 0 Å². The lowest BCUT2D eigenvalue weighted by Crippen LogP contribution is -2.39. The molecule has 10 nitrogen and oxygen atoms in total. The summed E-state index contributed by atoms with van der Waals surface area (Å²) in [6.07, 6.45) is 3.03. The summed E-state index contributed by atoms with van der Waals surface area (Å²) in [4.78, 5) is 43.0. The van der Waals surface area contributed by atoms with Gasteiger partial charge in [-0.1, -0.05) is 29.5 Å². The number of furan rings is 1. The summed E-state index contributed by atoms with van der Waals surface area (Å²) in [5, 5.41) is 9.47. The number of esters is 1. The van der Waals surface area contributed by atoms with Crippen molar-refractivity contribution in [3.8, 4) is 22.8 Å². The topological polar surface area (TPSA) is 130 Å². The molecule has 2 aromatic carbocycles. The fourth-order valence-corrected chi connectivity index (χ4v) is 5.78. The third-order valence-electron chi connectivity index (χ3n) is 6.74. The summed E-state index contributed by atoms with van der Waals surface area (Å²) in [6, 6.07) is 12.9. The molecule has 1 N–H and O–H groups in total. The van der Waals surface area contributed by atoms with Gasteiger partial charge in [-0.2, -0.15) is 0 Å². The van der Waals surface area contributed by atoms with Crippen molar-refractivity contribution in [2.75, 3.05) is 20.3 Å². The Morgan fingerprint density at radius 2 is 1.86 bits per heavy atom. The molecular weight excluding hydrogens is 560 g/mol. The second-order valence-corrected chi connectivity index (χ2v) is 10.2. The van der Waals surface area contributed by atoms with Crippen LogP contribution in [0.5, 0.6) is 11.5 Å². The first kappa shape index (κ1) is 28.6. The van der Waals surface area contributed by atoms with Crippen LogP contribution in [-0.4, -0.2) is 41.9 Å². The summed E-state index contributed by atoms with van der Waals surface area (Å²) in [6.45, 7) is 6.29. The van der Waals surface area contributed by atoms with E-state index in [2.05, 4.69) is 4.99 Å². The van der Waals surface area contributed by atoms with Crippen molar-refractivity contribution in [1.82, 2.24) is 4.57 Å². The molecule has 0 unspecified atom stereocenters. The molecule has 0 spiro atoms. The van der Waals surface area contributed by atoms with Crippen LogP contribution >= 0.6 is 11.3 Å². The van der Waals surface area contributed by atoms with E-state index in [-0.39, 0.29) is 16.7 Å². The second kappa shape index (κ2) is 11.9. The molecule has 216 valence electrons. The van der Waals surface area contributed by atoms with E-state index in [4.69, 9.17) is 18.6 Å². The smallest absolute Gasteiger partial charge is 0.337 e. The normalized spacial score (nSPS) is 14.5. The summed E-state index contributed by atoms with van der Waals surface area (Å²) < 4.78 is 24.3. The molecular formula is C31H28N2O8S. The number of hydrogen-bond donors (Lipinski definition) is 1. The number of carbonyl (C=O) groups excluding carboxylic acids is 1. The average molecular weight is 589 g/mol. The highest BCUT2D eigenvalue weighted by Crippen LogP contribution is 2.35. The highest BCUT2D eigenvalue weighted by atomic mass is 32.1. The fraction of sp³-hybridized carbons (Fsp3) is 0.226. The lowest BCUT2D eigenvalue weighted by atomic mass is 9.97. The van der Waals surface area contributed by atoms with E-state index in [1.807, 2.05) is 13.8 Å². The van der Waals surface area contributed by atoms with E-state index in [0.29, 0.717) is 62.3 Å². The summed E-state index contributed by atoms with van der Waals surface area (Å²) in [7, 11) is 1.28. The third-order valence-corrected chi connectivity index (χ3v) is 7.73. The number of nitrogens with zero attached hydrogens (tertiary/aromatic N) is 2. The monoisotopic (exact) mass is 588 g/mol. The first-order chi connectivity index (χ1) is 20.3. The molecule has 1 aliphatic heterocycles. The van der Waals surface area contributed by atoms with Gasteiger partial charge in [0.2, 0.25) is 0 Å². The third kappa shape index (κ3) is 5.26. The second-order valence-electron chi connectivity index (χ2n) is 9.23. The Bertz CT molecular complexity index is 1900. The van der Waals surface area contributed by atoms with E-state index in [9.17, 15) is 19.5 Å². The van der Waals surface area contributed by atoms with Gasteiger partial charge in [0.1, 0.15) is 11.5 Å². The van der Waals surface area contributed by atoms with Crippen molar-refractivity contribution in [3.05, 3.63) is 102 Å². The number of thiazole rings is 1. The molecule has 42 heavy (non-hydrogen) atoms. The van der Waals surface area contributed by atoms with Gasteiger partial charge in [-0.3, -0.25) is 9.36 Å². The van der Waals surface area contributed by atoms with Crippen LogP contribution in [0.15, 0.2) is 74.5 Å². The zero-order valence-electron chi connectivity index (χ0n) is 23.4. The maximum absolute atomic E-state index is 13.8. The Morgan fingerprint density at radius 3 is 2.57 bits per heavy atom. The number of hydrogen-bond acceptors (Lipinski definition) is 9. The van der Waals surface area contributed by atoms with Gasteiger partial charge < -0.3 is 23.7 Å². The van der Waals surface area contributed by atoms with Gasteiger partial charge in [0.15, 0.2) is 16.3 Å². The molecule has 0 bridgehead atoms. The molecule has 11 heteroatoms. The van der Waals surface area contributed by atoms with E-state index >= 15 is 0 Å². The van der Waals surface area contributed by atoms with Gasteiger partial charge in [0, 0.05) is 17.8 Å². The number of aromatic carboxylic acids is 1. The molecule has 0 amide bonds. The van der Waals surface area contributed by atoms with Crippen LogP contribution < -0.4 is 24.4 Å². The van der Waals surface area contributed by atoms with E-state index in [1.165, 1.54) is 23.9 Å². The molecule has 0 fully saturated rings. The number of carbonyl (C=O) groups is 2. The number of carboxylic acid groups (broad SMARTS) is 1. The highest BCUT2D eigenvalue weighted by Gasteiger charge is 2.31. The molecule has 0 saturated heterocycles. The number of benzene rings is 2. The number of carboxylic acids is 1. The Kier molecular flexibility index (Phi) is 8.12. The lowest BCUT2D eigenvalue weighted by Gasteiger charge is -2.23. The minimum Gasteiger partial charge on any atom is -0.490 e. The Balaban J connectivity index is 1.61. The predicted octanol–water partition coefficient (Wildman–Crippen LogP) is 4.08. The molecule has 2 aromatic heterocycles. The van der Waals surface area contributed by atoms with Gasteiger partial charge in [-0.15, -0.1) is 0 Å². The minimum absolute atomic E-state index is 0.182.